The van der Waals surface area contributed by atoms with Gasteiger partial charge in [-0.05, 0) is 53.9 Å². The van der Waals surface area contributed by atoms with Crippen LogP contribution in [0, 0.1) is 5.82 Å². The first-order valence-electron chi connectivity index (χ1n) is 9.17. The molecular formula is C22H20ClFN2O3S. The molecule has 0 unspecified atom stereocenters. The molecule has 5 nitrogen and oxygen atoms in total. The molecule has 0 aliphatic heterocycles. The summed E-state index contributed by atoms with van der Waals surface area (Å²) >= 11 is 5.83. The summed E-state index contributed by atoms with van der Waals surface area (Å²) in [6.07, 6.45) is 0.170. The lowest BCUT2D eigenvalue weighted by Gasteiger charge is -2.19. The van der Waals surface area contributed by atoms with Gasteiger partial charge < -0.3 is 5.32 Å². The fourth-order valence-corrected chi connectivity index (χ4v) is 4.14. The molecule has 0 heterocycles. The SMILES string of the molecule is O=C(NCc1ccc(F)cc1)[C@H](Cc1ccccc1)NS(=O)(=O)c1ccc(Cl)cc1. The van der Waals surface area contributed by atoms with Gasteiger partial charge in [-0.1, -0.05) is 54.1 Å². The quantitative estimate of drug-likeness (QED) is 0.554. The van der Waals surface area contributed by atoms with E-state index in [1.165, 1.54) is 36.4 Å². The summed E-state index contributed by atoms with van der Waals surface area (Å²) in [6.45, 7) is 0.146. The van der Waals surface area contributed by atoms with Gasteiger partial charge >= 0.3 is 0 Å². The molecule has 0 aliphatic rings. The fraction of sp³-hybridized carbons (Fsp3) is 0.136. The van der Waals surface area contributed by atoms with Crippen molar-refractivity contribution in [1.29, 1.82) is 0 Å². The highest BCUT2D eigenvalue weighted by molar-refractivity contribution is 7.89. The molecule has 0 fully saturated rings. The second kappa shape index (κ2) is 9.84. The van der Waals surface area contributed by atoms with Crippen molar-refractivity contribution >= 4 is 27.5 Å². The Hall–Kier alpha value is -2.74. The van der Waals surface area contributed by atoms with E-state index in [0.29, 0.717) is 10.6 Å². The molecule has 1 atom stereocenters. The Labute approximate surface area is 179 Å². The van der Waals surface area contributed by atoms with E-state index in [2.05, 4.69) is 10.0 Å². The van der Waals surface area contributed by atoms with E-state index < -0.39 is 22.0 Å². The Morgan fingerprint density at radius 2 is 1.53 bits per heavy atom. The molecule has 1 amide bonds. The largest absolute Gasteiger partial charge is 0.351 e. The van der Waals surface area contributed by atoms with Gasteiger partial charge in [0, 0.05) is 11.6 Å². The van der Waals surface area contributed by atoms with Crippen LogP contribution in [0.2, 0.25) is 5.02 Å². The van der Waals surface area contributed by atoms with E-state index in [4.69, 9.17) is 11.6 Å². The Kier molecular flexibility index (Phi) is 7.20. The third-order valence-corrected chi connectivity index (χ3v) is 6.14. The highest BCUT2D eigenvalue weighted by Gasteiger charge is 2.26. The van der Waals surface area contributed by atoms with Gasteiger partial charge in [0.05, 0.1) is 4.90 Å². The smallest absolute Gasteiger partial charge is 0.241 e. The molecule has 0 radical (unpaired) electrons. The number of sulfonamides is 1. The average molecular weight is 447 g/mol. The first-order chi connectivity index (χ1) is 14.3. The molecule has 3 aromatic carbocycles. The standard InChI is InChI=1S/C22H20ClFN2O3S/c23-18-8-12-20(13-9-18)30(28,29)26-21(14-16-4-2-1-3-5-16)22(27)25-15-17-6-10-19(24)11-7-17/h1-13,21,26H,14-15H2,(H,25,27)/t21-/m0/s1. The molecule has 0 saturated heterocycles. The van der Waals surface area contributed by atoms with E-state index in [0.717, 1.165) is 5.56 Å². The van der Waals surface area contributed by atoms with Crippen LogP contribution in [0.15, 0.2) is 83.8 Å². The molecule has 156 valence electrons. The van der Waals surface area contributed by atoms with Gasteiger partial charge in [0.15, 0.2) is 0 Å². The monoisotopic (exact) mass is 446 g/mol. The lowest BCUT2D eigenvalue weighted by Crippen LogP contribution is -2.47. The number of amides is 1. The highest BCUT2D eigenvalue weighted by Crippen LogP contribution is 2.15. The third kappa shape index (κ3) is 6.13. The van der Waals surface area contributed by atoms with E-state index in [9.17, 15) is 17.6 Å². The number of halogens is 2. The van der Waals surface area contributed by atoms with Crippen LogP contribution < -0.4 is 10.0 Å². The molecule has 3 rings (SSSR count). The Bertz CT molecular complexity index is 1090. The first kappa shape index (κ1) is 22.0. The second-order valence-corrected chi connectivity index (χ2v) is 8.81. The van der Waals surface area contributed by atoms with Crippen LogP contribution in [-0.4, -0.2) is 20.4 Å². The van der Waals surface area contributed by atoms with E-state index >= 15 is 0 Å². The molecule has 0 spiro atoms. The Balaban J connectivity index is 1.77. The van der Waals surface area contributed by atoms with Crippen LogP contribution in [0.1, 0.15) is 11.1 Å². The maximum atomic E-state index is 13.1. The van der Waals surface area contributed by atoms with Gasteiger partial charge in [0.2, 0.25) is 15.9 Å². The van der Waals surface area contributed by atoms with E-state index in [-0.39, 0.29) is 23.7 Å². The van der Waals surface area contributed by atoms with Crippen molar-refractivity contribution < 1.29 is 17.6 Å². The number of hydrogen-bond donors (Lipinski definition) is 2. The number of carbonyl (C=O) groups is 1. The molecule has 0 saturated carbocycles. The number of nitrogens with one attached hydrogen (secondary N) is 2. The topological polar surface area (TPSA) is 75.3 Å². The number of hydrogen-bond acceptors (Lipinski definition) is 3. The van der Waals surface area contributed by atoms with E-state index in [1.807, 2.05) is 30.3 Å². The van der Waals surface area contributed by atoms with Crippen LogP contribution in [0.3, 0.4) is 0 Å². The second-order valence-electron chi connectivity index (χ2n) is 6.66. The normalized spacial score (nSPS) is 12.3. The number of rotatable bonds is 8. The summed E-state index contributed by atoms with van der Waals surface area (Å²) in [5, 5.41) is 3.12. The minimum Gasteiger partial charge on any atom is -0.351 e. The zero-order chi connectivity index (χ0) is 21.6. The van der Waals surface area contributed by atoms with Crippen molar-refractivity contribution in [3.05, 3.63) is 101 Å². The van der Waals surface area contributed by atoms with E-state index in [1.54, 1.807) is 12.1 Å². The van der Waals surface area contributed by atoms with Crippen molar-refractivity contribution in [2.45, 2.75) is 23.9 Å². The van der Waals surface area contributed by atoms with Gasteiger partial charge in [-0.15, -0.1) is 0 Å². The molecule has 0 aliphatic carbocycles. The maximum Gasteiger partial charge on any atom is 0.241 e. The van der Waals surface area contributed by atoms with Crippen LogP contribution in [-0.2, 0) is 27.8 Å². The summed E-state index contributed by atoms with van der Waals surface area (Å²) in [5.41, 5.74) is 1.50. The highest BCUT2D eigenvalue weighted by atomic mass is 35.5. The van der Waals surface area contributed by atoms with Gasteiger partial charge in [-0.3, -0.25) is 4.79 Å². The maximum absolute atomic E-state index is 13.1. The Morgan fingerprint density at radius 1 is 0.900 bits per heavy atom. The van der Waals surface area contributed by atoms with Crippen LogP contribution in [0.4, 0.5) is 4.39 Å². The van der Waals surface area contributed by atoms with Crippen molar-refractivity contribution in [3.8, 4) is 0 Å². The summed E-state index contributed by atoms with van der Waals surface area (Å²) in [6, 6.07) is 19.5. The molecule has 30 heavy (non-hydrogen) atoms. The predicted molar refractivity (Wildman–Crippen MR) is 114 cm³/mol. The third-order valence-electron chi connectivity index (χ3n) is 4.40. The molecule has 2 N–H and O–H groups in total. The van der Waals surface area contributed by atoms with Crippen molar-refractivity contribution in [3.63, 3.8) is 0 Å². The first-order valence-corrected chi connectivity index (χ1v) is 11.0. The molecule has 0 bridgehead atoms. The summed E-state index contributed by atoms with van der Waals surface area (Å²) in [5.74, 6) is -0.858. The summed E-state index contributed by atoms with van der Waals surface area (Å²) in [4.78, 5) is 12.8. The van der Waals surface area contributed by atoms with Gasteiger partial charge in [0.25, 0.3) is 0 Å². The van der Waals surface area contributed by atoms with Crippen molar-refractivity contribution in [2.24, 2.45) is 0 Å². The van der Waals surface area contributed by atoms with Crippen molar-refractivity contribution in [2.75, 3.05) is 0 Å². The molecule has 8 heteroatoms. The summed E-state index contributed by atoms with van der Waals surface area (Å²) < 4.78 is 41.1. The van der Waals surface area contributed by atoms with Crippen LogP contribution in [0.25, 0.3) is 0 Å². The van der Waals surface area contributed by atoms with Gasteiger partial charge in [-0.2, -0.15) is 4.72 Å². The Morgan fingerprint density at radius 3 is 2.17 bits per heavy atom. The zero-order valence-corrected chi connectivity index (χ0v) is 17.5. The molecule has 0 aromatic heterocycles. The molecule has 3 aromatic rings. The number of benzene rings is 3. The van der Waals surface area contributed by atoms with Gasteiger partial charge in [-0.25, -0.2) is 12.8 Å². The lowest BCUT2D eigenvalue weighted by molar-refractivity contribution is -0.122. The van der Waals surface area contributed by atoms with Crippen LogP contribution in [0.5, 0.6) is 0 Å². The number of carbonyl (C=O) groups excluding carboxylic acids is 1. The van der Waals surface area contributed by atoms with Crippen LogP contribution >= 0.6 is 11.6 Å². The van der Waals surface area contributed by atoms with Gasteiger partial charge in [0.1, 0.15) is 11.9 Å². The lowest BCUT2D eigenvalue weighted by atomic mass is 10.1. The minimum atomic E-state index is -3.95. The van der Waals surface area contributed by atoms with Crippen molar-refractivity contribution in [1.82, 2.24) is 10.0 Å². The zero-order valence-electron chi connectivity index (χ0n) is 15.9. The average Bonchev–Trinajstić information content (AvgIpc) is 2.73. The fourth-order valence-electron chi connectivity index (χ4n) is 2.82. The predicted octanol–water partition coefficient (Wildman–Crippen LogP) is 3.69. The minimum absolute atomic E-state index is 0.0105. The molecular weight excluding hydrogens is 427 g/mol. The summed E-state index contributed by atoms with van der Waals surface area (Å²) in [7, 11) is -3.95.